The molecule has 0 saturated heterocycles. The Bertz CT molecular complexity index is 721. The van der Waals surface area contributed by atoms with Crippen LogP contribution in [0.2, 0.25) is 0 Å². The number of sulfonamides is 1. The number of hydrogen-bond donors (Lipinski definition) is 0. The van der Waals surface area contributed by atoms with Gasteiger partial charge in [0.15, 0.2) is 0 Å². The molecule has 2 atom stereocenters. The molecule has 2 unspecified atom stereocenters. The number of hydrogen-bond acceptors (Lipinski definition) is 2. The lowest BCUT2D eigenvalue weighted by Crippen LogP contribution is -2.37. The van der Waals surface area contributed by atoms with E-state index in [9.17, 15) is 8.42 Å². The number of unbranched alkanes of at least 4 members (excludes halogenated alkanes) is 5. The van der Waals surface area contributed by atoms with E-state index in [1.54, 1.807) is 16.4 Å². The monoisotopic (exact) mass is 375 g/mol. The van der Waals surface area contributed by atoms with Crippen LogP contribution < -0.4 is 0 Å². The van der Waals surface area contributed by atoms with E-state index in [2.05, 4.69) is 6.92 Å². The van der Waals surface area contributed by atoms with Crippen LogP contribution in [-0.4, -0.2) is 18.8 Å². The van der Waals surface area contributed by atoms with Crippen molar-refractivity contribution in [1.82, 2.24) is 4.31 Å². The van der Waals surface area contributed by atoms with Crippen LogP contribution in [0.3, 0.4) is 0 Å². The molecule has 144 valence electrons. The summed E-state index contributed by atoms with van der Waals surface area (Å²) in [6.45, 7) is 4.23. The Balaban J connectivity index is 1.69. The van der Waals surface area contributed by atoms with E-state index >= 15 is 0 Å². The topological polar surface area (TPSA) is 37.4 Å². The van der Waals surface area contributed by atoms with Crippen molar-refractivity contribution in [3.63, 3.8) is 0 Å². The van der Waals surface area contributed by atoms with Gasteiger partial charge in [-0.15, -0.1) is 0 Å². The molecular weight excluding hydrogens is 342 g/mol. The van der Waals surface area contributed by atoms with Crippen LogP contribution >= 0.6 is 0 Å². The lowest BCUT2D eigenvalue weighted by molar-refractivity contribution is 0.369. The molecule has 0 spiro atoms. The fourth-order valence-electron chi connectivity index (χ4n) is 4.38. The van der Waals surface area contributed by atoms with Crippen LogP contribution in [0.1, 0.15) is 76.7 Å². The summed E-state index contributed by atoms with van der Waals surface area (Å²) >= 11 is 0. The summed E-state index contributed by atoms with van der Waals surface area (Å²) < 4.78 is 28.0. The molecule has 2 bridgehead atoms. The van der Waals surface area contributed by atoms with Gasteiger partial charge in [0.1, 0.15) is 0 Å². The van der Waals surface area contributed by atoms with Gasteiger partial charge in [-0.2, -0.15) is 0 Å². The highest BCUT2D eigenvalue weighted by atomic mass is 32.2. The zero-order chi connectivity index (χ0) is 18.6. The predicted molar refractivity (Wildman–Crippen MR) is 107 cm³/mol. The van der Waals surface area contributed by atoms with Crippen LogP contribution in [0.25, 0.3) is 0 Å². The summed E-state index contributed by atoms with van der Waals surface area (Å²) in [5.41, 5.74) is 2.45. The van der Waals surface area contributed by atoms with Crippen LogP contribution in [0.4, 0.5) is 0 Å². The van der Waals surface area contributed by atoms with Gasteiger partial charge in [0.2, 0.25) is 0 Å². The first kappa shape index (κ1) is 19.5. The second kappa shape index (κ2) is 8.60. The maximum atomic E-state index is 13.2. The van der Waals surface area contributed by atoms with Gasteiger partial charge in [0, 0.05) is 12.2 Å². The Morgan fingerprint density at radius 3 is 2.42 bits per heavy atom. The van der Waals surface area contributed by atoms with Gasteiger partial charge in [-0.25, -0.2) is 8.42 Å². The third kappa shape index (κ3) is 4.33. The zero-order valence-corrected chi connectivity index (χ0v) is 17.1. The smallest absolute Gasteiger partial charge is 0.264 e. The normalized spacial score (nSPS) is 22.5. The van der Waals surface area contributed by atoms with E-state index in [0.29, 0.717) is 10.8 Å². The molecule has 1 saturated carbocycles. The highest BCUT2D eigenvalue weighted by Crippen LogP contribution is 2.43. The molecule has 3 rings (SSSR count). The van der Waals surface area contributed by atoms with Crippen molar-refractivity contribution >= 4 is 10.0 Å². The Hall–Kier alpha value is -1.29. The fraction of sp³-hybridized carbons (Fsp3) is 0.636. The lowest BCUT2D eigenvalue weighted by Gasteiger charge is -2.32. The van der Waals surface area contributed by atoms with Crippen LogP contribution in [0, 0.1) is 12.8 Å². The summed E-state index contributed by atoms with van der Waals surface area (Å²) in [6.07, 6.45) is 13.9. The molecule has 1 aliphatic carbocycles. The highest BCUT2D eigenvalue weighted by molar-refractivity contribution is 7.89. The minimum absolute atomic E-state index is 0.152. The molecule has 2 aliphatic rings. The fourth-order valence-corrected chi connectivity index (χ4v) is 5.96. The molecular formula is C22H33NO2S. The standard InChI is InChI=1S/C22H33NO2S/c1-3-4-5-6-7-8-9-20-17-23(21-13-12-19(20)16-21)26(24,25)22-14-10-18(2)11-15-22/h10-11,14-15,17,19,21H,3-9,12-13,16H2,1-2H3. The molecule has 1 aromatic carbocycles. The van der Waals surface area contributed by atoms with Crippen molar-refractivity contribution in [2.24, 2.45) is 5.92 Å². The molecule has 0 radical (unpaired) electrons. The first-order chi connectivity index (χ1) is 12.5. The van der Waals surface area contributed by atoms with E-state index in [1.807, 2.05) is 25.3 Å². The lowest BCUT2D eigenvalue weighted by atomic mass is 9.91. The quantitative estimate of drug-likeness (QED) is 0.511. The van der Waals surface area contributed by atoms with Gasteiger partial charge in [0.25, 0.3) is 10.0 Å². The number of rotatable bonds is 9. The van der Waals surface area contributed by atoms with Crippen molar-refractivity contribution in [2.45, 2.75) is 89.0 Å². The van der Waals surface area contributed by atoms with Crippen LogP contribution in [0.5, 0.6) is 0 Å². The number of aryl methyl sites for hydroxylation is 1. The minimum Gasteiger partial charge on any atom is -0.270 e. The molecule has 1 aromatic rings. The van der Waals surface area contributed by atoms with Gasteiger partial charge in [-0.05, 0) is 57.1 Å². The van der Waals surface area contributed by atoms with Gasteiger partial charge in [-0.3, -0.25) is 4.31 Å². The Morgan fingerprint density at radius 2 is 1.69 bits per heavy atom. The molecule has 0 amide bonds. The van der Waals surface area contributed by atoms with E-state index in [0.717, 1.165) is 31.2 Å². The van der Waals surface area contributed by atoms with E-state index in [1.165, 1.54) is 44.1 Å². The molecule has 4 heteroatoms. The number of allylic oxidation sites excluding steroid dienone is 1. The zero-order valence-electron chi connectivity index (χ0n) is 16.3. The van der Waals surface area contributed by atoms with Gasteiger partial charge < -0.3 is 0 Å². The van der Waals surface area contributed by atoms with Crippen molar-refractivity contribution < 1.29 is 8.42 Å². The first-order valence-corrected chi connectivity index (χ1v) is 11.8. The van der Waals surface area contributed by atoms with Gasteiger partial charge in [-0.1, -0.05) is 62.3 Å². The Labute approximate surface area is 159 Å². The van der Waals surface area contributed by atoms with E-state index in [4.69, 9.17) is 0 Å². The van der Waals surface area contributed by atoms with Crippen molar-refractivity contribution in [2.75, 3.05) is 0 Å². The van der Waals surface area contributed by atoms with Crippen LogP contribution in [0.15, 0.2) is 40.9 Å². The molecule has 26 heavy (non-hydrogen) atoms. The van der Waals surface area contributed by atoms with Crippen molar-refractivity contribution in [3.8, 4) is 0 Å². The maximum absolute atomic E-state index is 13.2. The van der Waals surface area contributed by atoms with Crippen molar-refractivity contribution in [1.29, 1.82) is 0 Å². The minimum atomic E-state index is -3.43. The molecule has 1 aliphatic heterocycles. The second-order valence-electron chi connectivity index (χ2n) is 8.03. The Kier molecular flexibility index (Phi) is 6.44. The SMILES string of the molecule is CCCCCCCCC1=CN(S(=O)(=O)c2ccc(C)cc2)C2CCC1C2. The molecule has 1 heterocycles. The summed E-state index contributed by atoms with van der Waals surface area (Å²) in [6, 6.07) is 7.41. The van der Waals surface area contributed by atoms with Crippen molar-refractivity contribution in [3.05, 3.63) is 41.6 Å². The van der Waals surface area contributed by atoms with Crippen LogP contribution in [-0.2, 0) is 10.0 Å². The Morgan fingerprint density at radius 1 is 1.00 bits per heavy atom. The summed E-state index contributed by atoms with van der Waals surface area (Å²) in [4.78, 5) is 0.420. The van der Waals surface area contributed by atoms with Gasteiger partial charge >= 0.3 is 0 Å². The molecule has 1 fully saturated rings. The first-order valence-electron chi connectivity index (χ1n) is 10.3. The highest BCUT2D eigenvalue weighted by Gasteiger charge is 2.40. The predicted octanol–water partition coefficient (Wildman–Crippen LogP) is 5.80. The summed E-state index contributed by atoms with van der Waals surface area (Å²) in [5, 5.41) is 0. The number of benzene rings is 1. The van der Waals surface area contributed by atoms with E-state index in [-0.39, 0.29) is 6.04 Å². The van der Waals surface area contributed by atoms with Gasteiger partial charge in [0.05, 0.1) is 4.90 Å². The maximum Gasteiger partial charge on any atom is 0.264 e. The third-order valence-corrected chi connectivity index (χ3v) is 7.82. The largest absolute Gasteiger partial charge is 0.270 e. The van der Waals surface area contributed by atoms with E-state index < -0.39 is 10.0 Å². The average Bonchev–Trinajstić information content (AvgIpc) is 3.03. The summed E-state index contributed by atoms with van der Waals surface area (Å²) in [7, 11) is -3.43. The number of fused-ring (bicyclic) bond motifs is 2. The third-order valence-electron chi connectivity index (χ3n) is 6.00. The molecule has 3 nitrogen and oxygen atoms in total. The number of nitrogens with zero attached hydrogens (tertiary/aromatic N) is 1. The summed E-state index contributed by atoms with van der Waals surface area (Å²) in [5.74, 6) is 0.611. The average molecular weight is 376 g/mol. The second-order valence-corrected chi connectivity index (χ2v) is 9.88. The molecule has 0 aromatic heterocycles. The molecule has 0 N–H and O–H groups in total.